The van der Waals surface area contributed by atoms with E-state index in [0.717, 1.165) is 78.0 Å². The smallest absolute Gasteiger partial charge is 0.160 e. The molecule has 2 aromatic heterocycles. The van der Waals surface area contributed by atoms with Crippen LogP contribution in [0, 0.1) is 0 Å². The zero-order valence-electron chi connectivity index (χ0n) is 34.8. The molecule has 0 fully saturated rings. The largest absolute Gasteiger partial charge is 0.454 e. The number of para-hydroxylation sites is 4. The molecule has 0 amide bonds. The summed E-state index contributed by atoms with van der Waals surface area (Å²) in [7, 11) is 0. The first kappa shape index (κ1) is 35.7. The highest BCUT2D eigenvalue weighted by molar-refractivity contribution is 6.24. The van der Waals surface area contributed by atoms with Crippen LogP contribution in [0.15, 0.2) is 215 Å². The average Bonchev–Trinajstić information content (AvgIpc) is 3.99. The van der Waals surface area contributed by atoms with Gasteiger partial charge in [0.25, 0.3) is 0 Å². The van der Waals surface area contributed by atoms with Crippen molar-refractivity contribution >= 4 is 99.5 Å². The summed E-state index contributed by atoms with van der Waals surface area (Å²) in [6.07, 6.45) is 0. The van der Waals surface area contributed by atoms with Gasteiger partial charge in [-0.3, -0.25) is 0 Å². The highest BCUT2D eigenvalue weighted by Gasteiger charge is 2.37. The molecule has 0 saturated heterocycles. The van der Waals surface area contributed by atoms with Gasteiger partial charge >= 0.3 is 0 Å². The lowest BCUT2D eigenvalue weighted by molar-refractivity contribution is 0.660. The Bertz CT molecular complexity index is 3540. The lowest BCUT2D eigenvalue weighted by Crippen LogP contribution is -2.17. The van der Waals surface area contributed by atoms with Gasteiger partial charge in [0.05, 0.1) is 11.4 Å². The third kappa shape index (κ3) is 5.28. The van der Waals surface area contributed by atoms with Crippen LogP contribution in [0.5, 0.6) is 0 Å². The number of fused-ring (bicyclic) bond motifs is 13. The normalized spacial score (nSPS) is 13.0. The van der Waals surface area contributed by atoms with Gasteiger partial charge in [-0.05, 0) is 117 Å². The van der Waals surface area contributed by atoms with Crippen molar-refractivity contribution in [3.05, 3.63) is 217 Å². The van der Waals surface area contributed by atoms with E-state index in [1.807, 2.05) is 12.1 Å². The van der Waals surface area contributed by atoms with Gasteiger partial charge < -0.3 is 18.6 Å². The summed E-state index contributed by atoms with van der Waals surface area (Å²) in [6, 6.07) is 74.0. The van der Waals surface area contributed by atoms with Gasteiger partial charge in [0.2, 0.25) is 0 Å². The molecular weight excluding hydrogens is 769 g/mol. The third-order valence-electron chi connectivity index (χ3n) is 13.4. The van der Waals surface area contributed by atoms with Crippen molar-refractivity contribution in [2.24, 2.45) is 0 Å². The van der Waals surface area contributed by atoms with Crippen molar-refractivity contribution in [3.63, 3.8) is 0 Å². The van der Waals surface area contributed by atoms with E-state index >= 15 is 0 Å². The Morgan fingerprint density at radius 2 is 0.730 bits per heavy atom. The molecule has 1 aliphatic carbocycles. The quantitative estimate of drug-likeness (QED) is 0.168. The standard InChI is InChI=1S/C59H40N2O2/c1-59(2)49-35-41(60(39-19-5-3-6-20-39)51-33-37-17-9-11-23-43(37)55-47-25-13-15-27-53(47)62-57(51)55)29-31-45(49)46-32-30-42(36-50(46)59)61(40-21-7-4-8-22-40)52-34-38-18-10-12-24-44(38)56-48-26-14-16-28-54(48)63-58(52)56/h3-36H,1-2H3. The minimum absolute atomic E-state index is 0.322. The second-order valence-corrected chi connectivity index (χ2v) is 17.3. The zero-order chi connectivity index (χ0) is 41.8. The fraction of sp³-hybridized carbons (Fsp3) is 0.0508. The molecule has 0 saturated carbocycles. The first-order valence-electron chi connectivity index (χ1n) is 21.7. The summed E-state index contributed by atoms with van der Waals surface area (Å²) in [5.41, 5.74) is 14.6. The van der Waals surface area contributed by atoms with Crippen molar-refractivity contribution in [2.75, 3.05) is 9.80 Å². The highest BCUT2D eigenvalue weighted by atomic mass is 16.3. The Balaban J connectivity index is 0.992. The van der Waals surface area contributed by atoms with Gasteiger partial charge in [-0.15, -0.1) is 0 Å². The van der Waals surface area contributed by atoms with Crippen LogP contribution < -0.4 is 9.80 Å². The first-order valence-corrected chi connectivity index (χ1v) is 21.7. The Morgan fingerprint density at radius 1 is 0.349 bits per heavy atom. The Hall–Kier alpha value is -8.08. The third-order valence-corrected chi connectivity index (χ3v) is 13.4. The second kappa shape index (κ2) is 13.5. The van der Waals surface area contributed by atoms with Crippen LogP contribution >= 0.6 is 0 Å². The highest BCUT2D eigenvalue weighted by Crippen LogP contribution is 2.54. The Kier molecular flexibility index (Phi) is 7.62. The monoisotopic (exact) mass is 808 g/mol. The fourth-order valence-corrected chi connectivity index (χ4v) is 10.4. The summed E-state index contributed by atoms with van der Waals surface area (Å²) in [4.78, 5) is 4.74. The number of hydrogen-bond donors (Lipinski definition) is 0. The van der Waals surface area contributed by atoms with Crippen LogP contribution in [-0.4, -0.2) is 0 Å². The lowest BCUT2D eigenvalue weighted by atomic mass is 9.82. The maximum Gasteiger partial charge on any atom is 0.160 e. The molecule has 63 heavy (non-hydrogen) atoms. The van der Waals surface area contributed by atoms with E-state index in [1.54, 1.807) is 0 Å². The van der Waals surface area contributed by atoms with Crippen LogP contribution in [0.2, 0.25) is 0 Å². The molecule has 0 radical (unpaired) electrons. The van der Waals surface area contributed by atoms with E-state index in [1.165, 1.54) is 43.8 Å². The first-order chi connectivity index (χ1) is 31.0. The summed E-state index contributed by atoms with van der Waals surface area (Å²) < 4.78 is 13.6. The number of furan rings is 2. The zero-order valence-corrected chi connectivity index (χ0v) is 34.8. The molecule has 12 aromatic rings. The minimum atomic E-state index is -0.322. The van der Waals surface area contributed by atoms with Crippen LogP contribution in [0.3, 0.4) is 0 Å². The predicted molar refractivity (Wildman–Crippen MR) is 263 cm³/mol. The number of benzene rings is 10. The Morgan fingerprint density at radius 3 is 1.17 bits per heavy atom. The molecule has 298 valence electrons. The molecule has 2 heterocycles. The molecule has 13 rings (SSSR count). The minimum Gasteiger partial charge on any atom is -0.454 e. The van der Waals surface area contributed by atoms with Crippen LogP contribution in [0.1, 0.15) is 25.0 Å². The maximum absolute atomic E-state index is 6.82. The summed E-state index contributed by atoms with van der Waals surface area (Å²) in [5, 5.41) is 9.22. The van der Waals surface area contributed by atoms with Crippen LogP contribution in [0.25, 0.3) is 76.5 Å². The van der Waals surface area contributed by atoms with Gasteiger partial charge in [-0.2, -0.15) is 0 Å². The molecule has 10 aromatic carbocycles. The Labute approximate surface area is 364 Å². The van der Waals surface area contributed by atoms with E-state index in [2.05, 4.69) is 218 Å². The van der Waals surface area contributed by atoms with Gasteiger partial charge in [-0.25, -0.2) is 0 Å². The second-order valence-electron chi connectivity index (χ2n) is 17.3. The van der Waals surface area contributed by atoms with Gasteiger partial charge in [0, 0.05) is 49.7 Å². The van der Waals surface area contributed by atoms with E-state index in [9.17, 15) is 0 Å². The molecule has 0 aliphatic heterocycles. The number of hydrogen-bond acceptors (Lipinski definition) is 4. The van der Waals surface area contributed by atoms with Gasteiger partial charge in [0.15, 0.2) is 11.2 Å². The average molecular weight is 809 g/mol. The van der Waals surface area contributed by atoms with E-state index in [0.29, 0.717) is 0 Å². The predicted octanol–water partition coefficient (Wildman–Crippen LogP) is 17.0. The van der Waals surface area contributed by atoms with Gasteiger partial charge in [-0.1, -0.05) is 147 Å². The molecule has 4 nitrogen and oxygen atoms in total. The molecule has 4 heteroatoms. The summed E-state index contributed by atoms with van der Waals surface area (Å²) in [6.45, 7) is 4.73. The van der Waals surface area contributed by atoms with E-state index in [-0.39, 0.29) is 5.41 Å². The molecule has 0 atom stereocenters. The number of nitrogens with zero attached hydrogens (tertiary/aromatic N) is 2. The lowest BCUT2D eigenvalue weighted by Gasteiger charge is -2.29. The van der Waals surface area contributed by atoms with Crippen molar-refractivity contribution in [2.45, 2.75) is 19.3 Å². The molecule has 0 bridgehead atoms. The fourth-order valence-electron chi connectivity index (χ4n) is 10.4. The molecule has 1 aliphatic rings. The van der Waals surface area contributed by atoms with Crippen molar-refractivity contribution < 1.29 is 8.83 Å². The molecular formula is C59H40N2O2. The SMILES string of the molecule is CC1(C)c2cc(N(c3ccccc3)c3cc4ccccc4c4c3oc3ccccc34)ccc2-c2ccc(N(c3ccccc3)c3cc4ccccc4c4c3oc3ccccc34)cc21. The molecule has 0 unspecified atom stereocenters. The van der Waals surface area contributed by atoms with Gasteiger partial charge in [0.1, 0.15) is 11.2 Å². The topological polar surface area (TPSA) is 32.8 Å². The van der Waals surface area contributed by atoms with Crippen LogP contribution in [-0.2, 0) is 5.41 Å². The number of anilines is 6. The van der Waals surface area contributed by atoms with Crippen molar-refractivity contribution in [3.8, 4) is 11.1 Å². The van der Waals surface area contributed by atoms with Crippen molar-refractivity contribution in [1.82, 2.24) is 0 Å². The van der Waals surface area contributed by atoms with E-state index < -0.39 is 0 Å². The maximum atomic E-state index is 6.82. The molecule has 0 N–H and O–H groups in total. The number of rotatable bonds is 6. The van der Waals surface area contributed by atoms with Crippen LogP contribution in [0.4, 0.5) is 34.1 Å². The summed E-state index contributed by atoms with van der Waals surface area (Å²) in [5.74, 6) is 0. The molecule has 0 spiro atoms. The summed E-state index contributed by atoms with van der Waals surface area (Å²) >= 11 is 0. The van der Waals surface area contributed by atoms with Crippen molar-refractivity contribution in [1.29, 1.82) is 0 Å². The van der Waals surface area contributed by atoms with E-state index in [4.69, 9.17) is 8.83 Å².